The number of hydrogen-bond acceptors (Lipinski definition) is 7. The van der Waals surface area contributed by atoms with Crippen molar-refractivity contribution in [1.29, 1.82) is 0 Å². The normalized spacial score (nSPS) is 19.6. The average Bonchev–Trinajstić information content (AvgIpc) is 3.75. The Bertz CT molecular complexity index is 1350. The quantitative estimate of drug-likeness (QED) is 0.430. The molecule has 4 aromatic rings. The van der Waals surface area contributed by atoms with E-state index >= 15 is 0 Å². The van der Waals surface area contributed by atoms with E-state index < -0.39 is 0 Å². The SMILES string of the molecule is C1COCCN1.Fc1cccc([C@H]2CCCN2c2ccc3ncc(-c4cccc(N5CCCC5)n4)n3n2)c1. The summed E-state index contributed by atoms with van der Waals surface area (Å²) < 4.78 is 20.7. The molecule has 9 heteroatoms. The van der Waals surface area contributed by atoms with Crippen molar-refractivity contribution in [3.8, 4) is 11.4 Å². The Morgan fingerprint density at radius 1 is 0.895 bits per heavy atom. The maximum atomic E-state index is 13.8. The van der Waals surface area contributed by atoms with Crippen molar-refractivity contribution in [2.45, 2.75) is 31.7 Å². The minimum atomic E-state index is -0.196. The molecule has 0 saturated carbocycles. The number of fused-ring (bicyclic) bond motifs is 1. The lowest BCUT2D eigenvalue weighted by Crippen LogP contribution is -2.30. The fourth-order valence-electron chi connectivity index (χ4n) is 5.50. The van der Waals surface area contributed by atoms with Crippen molar-refractivity contribution in [3.05, 3.63) is 72.2 Å². The fourth-order valence-corrected chi connectivity index (χ4v) is 5.50. The maximum Gasteiger partial charge on any atom is 0.154 e. The van der Waals surface area contributed by atoms with Crippen LogP contribution >= 0.6 is 0 Å². The molecule has 3 saturated heterocycles. The molecule has 8 nitrogen and oxygen atoms in total. The number of halogens is 1. The van der Waals surface area contributed by atoms with Gasteiger partial charge < -0.3 is 19.9 Å². The molecule has 38 heavy (non-hydrogen) atoms. The van der Waals surface area contributed by atoms with Gasteiger partial charge in [0, 0.05) is 32.7 Å². The van der Waals surface area contributed by atoms with Crippen molar-refractivity contribution >= 4 is 17.3 Å². The van der Waals surface area contributed by atoms with Gasteiger partial charge in [0.15, 0.2) is 5.65 Å². The van der Waals surface area contributed by atoms with Crippen LogP contribution < -0.4 is 15.1 Å². The largest absolute Gasteiger partial charge is 0.379 e. The Morgan fingerprint density at radius 2 is 1.74 bits per heavy atom. The second-order valence-corrected chi connectivity index (χ2v) is 9.95. The number of ether oxygens (including phenoxy) is 1. The summed E-state index contributed by atoms with van der Waals surface area (Å²) in [6, 6.07) is 17.2. The van der Waals surface area contributed by atoms with E-state index in [4.69, 9.17) is 14.8 Å². The Morgan fingerprint density at radius 3 is 2.50 bits per heavy atom. The van der Waals surface area contributed by atoms with Gasteiger partial charge in [0.1, 0.15) is 23.1 Å². The van der Waals surface area contributed by atoms with Gasteiger partial charge in [-0.25, -0.2) is 18.9 Å². The molecule has 1 atom stereocenters. The molecular weight excluding hydrogens is 481 g/mol. The Hall–Kier alpha value is -3.56. The Labute approximate surface area is 222 Å². The van der Waals surface area contributed by atoms with E-state index in [1.807, 2.05) is 35.0 Å². The van der Waals surface area contributed by atoms with Crippen molar-refractivity contribution in [1.82, 2.24) is 24.9 Å². The van der Waals surface area contributed by atoms with Crippen LogP contribution in [0.15, 0.2) is 60.8 Å². The van der Waals surface area contributed by atoms with E-state index in [1.165, 1.54) is 18.9 Å². The number of morpholine rings is 1. The lowest BCUT2D eigenvalue weighted by Gasteiger charge is -2.26. The molecule has 198 valence electrons. The molecule has 0 aliphatic carbocycles. The molecule has 1 N–H and O–H groups in total. The molecule has 1 aromatic carbocycles. The standard InChI is InChI=1S/C25H25FN6.C4H9NO/c26-19-7-3-6-18(16-19)21-9-5-15-31(21)25-12-11-23-27-17-22(32(23)29-25)20-8-4-10-24(28-20)30-13-1-2-14-30;1-3-6-4-2-5-1/h3-4,6-8,10-12,16-17,21H,1-2,5,9,13-15H2;5H,1-4H2/t21-;/m1./s1. The zero-order valence-electron chi connectivity index (χ0n) is 21.6. The summed E-state index contributed by atoms with van der Waals surface area (Å²) in [5, 5.41) is 8.11. The third-order valence-electron chi connectivity index (χ3n) is 7.40. The first-order valence-electron chi connectivity index (χ1n) is 13.6. The first-order chi connectivity index (χ1) is 18.8. The zero-order valence-corrected chi connectivity index (χ0v) is 21.6. The Balaban J connectivity index is 0.000000390. The second kappa shape index (κ2) is 11.4. The summed E-state index contributed by atoms with van der Waals surface area (Å²) in [5.74, 6) is 1.69. The predicted octanol–water partition coefficient (Wildman–Crippen LogP) is 4.48. The first-order valence-corrected chi connectivity index (χ1v) is 13.6. The van der Waals surface area contributed by atoms with E-state index in [9.17, 15) is 4.39 Å². The average molecular weight is 516 g/mol. The van der Waals surface area contributed by atoms with Gasteiger partial charge in [-0.15, -0.1) is 5.10 Å². The number of rotatable bonds is 4. The van der Waals surface area contributed by atoms with Crippen LogP contribution in [0.2, 0.25) is 0 Å². The third kappa shape index (κ3) is 5.35. The van der Waals surface area contributed by atoms with E-state index in [0.29, 0.717) is 0 Å². The lowest BCUT2D eigenvalue weighted by molar-refractivity contribution is 0.109. The summed E-state index contributed by atoms with van der Waals surface area (Å²) in [4.78, 5) is 14.1. The molecule has 0 amide bonds. The maximum absolute atomic E-state index is 13.8. The minimum absolute atomic E-state index is 0.124. The number of nitrogens with one attached hydrogen (secondary N) is 1. The van der Waals surface area contributed by atoms with Crippen LogP contribution in [0.3, 0.4) is 0 Å². The molecule has 3 aliphatic rings. The molecule has 3 aliphatic heterocycles. The highest BCUT2D eigenvalue weighted by Crippen LogP contribution is 2.35. The predicted molar refractivity (Wildman–Crippen MR) is 147 cm³/mol. The highest BCUT2D eigenvalue weighted by molar-refractivity contribution is 5.62. The van der Waals surface area contributed by atoms with Crippen LogP contribution in [-0.2, 0) is 4.74 Å². The van der Waals surface area contributed by atoms with E-state index in [-0.39, 0.29) is 11.9 Å². The van der Waals surface area contributed by atoms with Gasteiger partial charge in [0.25, 0.3) is 0 Å². The smallest absolute Gasteiger partial charge is 0.154 e. The lowest BCUT2D eigenvalue weighted by atomic mass is 10.0. The van der Waals surface area contributed by atoms with Crippen molar-refractivity contribution in [2.24, 2.45) is 0 Å². The van der Waals surface area contributed by atoms with E-state index in [1.54, 1.807) is 12.1 Å². The zero-order chi connectivity index (χ0) is 25.7. The molecule has 0 radical (unpaired) electrons. The summed E-state index contributed by atoms with van der Waals surface area (Å²) in [6.07, 6.45) is 6.32. The monoisotopic (exact) mass is 515 g/mol. The number of nitrogens with zero attached hydrogens (tertiary/aromatic N) is 6. The van der Waals surface area contributed by atoms with Crippen LogP contribution in [-0.4, -0.2) is 65.5 Å². The van der Waals surface area contributed by atoms with Gasteiger partial charge in [-0.05, 0) is 67.6 Å². The molecule has 6 heterocycles. The summed E-state index contributed by atoms with van der Waals surface area (Å²) in [7, 11) is 0. The van der Waals surface area contributed by atoms with Crippen molar-refractivity contribution in [2.75, 3.05) is 55.7 Å². The van der Waals surface area contributed by atoms with Crippen LogP contribution in [0.4, 0.5) is 16.0 Å². The van der Waals surface area contributed by atoms with Crippen LogP contribution in [0.5, 0.6) is 0 Å². The topological polar surface area (TPSA) is 70.8 Å². The molecule has 3 fully saturated rings. The van der Waals surface area contributed by atoms with Gasteiger partial charge in [0.05, 0.1) is 31.1 Å². The summed E-state index contributed by atoms with van der Waals surface area (Å²) >= 11 is 0. The number of anilines is 2. The molecular formula is C29H34FN7O. The van der Waals surface area contributed by atoms with Gasteiger partial charge >= 0.3 is 0 Å². The second-order valence-electron chi connectivity index (χ2n) is 9.95. The Kier molecular flexibility index (Phi) is 7.46. The summed E-state index contributed by atoms with van der Waals surface area (Å²) in [6.45, 7) is 6.84. The van der Waals surface area contributed by atoms with E-state index in [2.05, 4.69) is 32.2 Å². The molecule has 0 bridgehead atoms. The van der Waals surface area contributed by atoms with Crippen molar-refractivity contribution < 1.29 is 9.13 Å². The van der Waals surface area contributed by atoms with Gasteiger partial charge in [-0.2, -0.15) is 0 Å². The highest BCUT2D eigenvalue weighted by Gasteiger charge is 2.28. The molecule has 3 aromatic heterocycles. The molecule has 0 unspecified atom stereocenters. The number of benzene rings is 1. The summed E-state index contributed by atoms with van der Waals surface area (Å²) in [5.41, 5.74) is 3.54. The van der Waals surface area contributed by atoms with Crippen molar-refractivity contribution in [3.63, 3.8) is 0 Å². The third-order valence-corrected chi connectivity index (χ3v) is 7.40. The van der Waals surface area contributed by atoms with Crippen LogP contribution in [0, 0.1) is 5.82 Å². The van der Waals surface area contributed by atoms with Crippen LogP contribution in [0.25, 0.3) is 17.0 Å². The van der Waals surface area contributed by atoms with Gasteiger partial charge in [-0.3, -0.25) is 0 Å². The number of pyridine rings is 1. The van der Waals surface area contributed by atoms with Crippen LogP contribution in [0.1, 0.15) is 37.3 Å². The highest BCUT2D eigenvalue weighted by atomic mass is 19.1. The fraction of sp³-hybridized carbons (Fsp3) is 0.414. The first kappa shape index (κ1) is 24.8. The minimum Gasteiger partial charge on any atom is -0.379 e. The van der Waals surface area contributed by atoms with Gasteiger partial charge in [-0.1, -0.05) is 18.2 Å². The number of hydrogen-bond donors (Lipinski definition) is 1. The molecule has 7 rings (SSSR count). The van der Waals surface area contributed by atoms with Gasteiger partial charge in [0.2, 0.25) is 0 Å². The molecule has 0 spiro atoms. The van der Waals surface area contributed by atoms with E-state index in [0.717, 1.165) is 93.0 Å². The number of aromatic nitrogens is 4. The number of imidazole rings is 1.